The highest BCUT2D eigenvalue weighted by molar-refractivity contribution is 5.77. The molecular formula is C23H29F6N3O7. The van der Waals surface area contributed by atoms with E-state index in [1.807, 2.05) is 23.4 Å². The molecule has 0 aliphatic carbocycles. The van der Waals surface area contributed by atoms with Gasteiger partial charge in [-0.1, -0.05) is 6.07 Å². The first kappa shape index (κ1) is 32.2. The molecule has 1 aromatic rings. The standard InChI is InChI=1S/C19H27N3O3.2C2HF3O2/c23-19(22-6-8-24-9-7-22)10-18-17-3-5-21(13-16(17)14-25-18)12-15-2-1-4-20-11-15;2*3-2(4,5)1(6)7/h1-2,4,11,16-18H,3,5-10,12-14H2;2*(H,6,7)/t16-,17-,18-;;/m1../s1. The van der Waals surface area contributed by atoms with Crippen LogP contribution >= 0.6 is 0 Å². The summed E-state index contributed by atoms with van der Waals surface area (Å²) in [5, 5.41) is 14.2. The molecule has 16 heteroatoms. The number of halogens is 6. The van der Waals surface area contributed by atoms with Crippen molar-refractivity contribution in [3.63, 3.8) is 0 Å². The van der Waals surface area contributed by atoms with Gasteiger partial charge in [-0.3, -0.25) is 14.7 Å². The van der Waals surface area contributed by atoms with Gasteiger partial charge in [-0.25, -0.2) is 9.59 Å². The van der Waals surface area contributed by atoms with Gasteiger partial charge in [0.05, 0.1) is 32.3 Å². The minimum atomic E-state index is -5.08. The number of ether oxygens (including phenoxy) is 2. The molecular weight excluding hydrogens is 544 g/mol. The number of carbonyl (C=O) groups is 3. The van der Waals surface area contributed by atoms with Gasteiger partial charge in [0.15, 0.2) is 0 Å². The van der Waals surface area contributed by atoms with Gasteiger partial charge in [0, 0.05) is 44.5 Å². The van der Waals surface area contributed by atoms with E-state index < -0.39 is 24.3 Å². The van der Waals surface area contributed by atoms with Gasteiger partial charge in [0.2, 0.25) is 5.91 Å². The van der Waals surface area contributed by atoms with E-state index in [4.69, 9.17) is 29.3 Å². The lowest BCUT2D eigenvalue weighted by Crippen LogP contribution is -2.44. The number of rotatable bonds is 4. The largest absolute Gasteiger partial charge is 0.490 e. The lowest BCUT2D eigenvalue weighted by Gasteiger charge is -2.36. The minimum Gasteiger partial charge on any atom is -0.475 e. The highest BCUT2D eigenvalue weighted by Crippen LogP contribution is 2.36. The molecule has 220 valence electrons. The minimum absolute atomic E-state index is 0.0980. The Morgan fingerprint density at radius 3 is 2.10 bits per heavy atom. The van der Waals surface area contributed by atoms with Crippen molar-refractivity contribution in [3.05, 3.63) is 30.1 Å². The Balaban J connectivity index is 0.000000317. The second kappa shape index (κ2) is 14.4. The van der Waals surface area contributed by atoms with Gasteiger partial charge in [0.1, 0.15) is 0 Å². The number of carboxylic acid groups (broad SMARTS) is 2. The van der Waals surface area contributed by atoms with E-state index in [2.05, 4.69) is 16.0 Å². The maximum Gasteiger partial charge on any atom is 0.490 e. The summed E-state index contributed by atoms with van der Waals surface area (Å²) in [6.45, 7) is 6.63. The number of hydrogen-bond donors (Lipinski definition) is 2. The molecule has 1 aromatic heterocycles. The number of carbonyl (C=O) groups excluding carboxylic acids is 1. The van der Waals surface area contributed by atoms with Gasteiger partial charge in [0.25, 0.3) is 0 Å². The normalized spacial score (nSPS) is 23.4. The second-order valence-electron chi connectivity index (χ2n) is 8.98. The molecule has 4 rings (SSSR count). The fourth-order valence-electron chi connectivity index (χ4n) is 4.38. The molecule has 3 aliphatic heterocycles. The number of carboxylic acids is 2. The third kappa shape index (κ3) is 11.0. The highest BCUT2D eigenvalue weighted by Gasteiger charge is 2.42. The van der Waals surface area contributed by atoms with Gasteiger partial charge < -0.3 is 24.6 Å². The SMILES string of the molecule is O=C(C[C@H]1OC[C@H]2CN(Cc3cccnc3)CC[C@H]21)N1CCOCC1.O=C(O)C(F)(F)F.O=C(O)C(F)(F)F. The molecule has 0 spiro atoms. The first-order valence-electron chi connectivity index (χ1n) is 11.9. The van der Waals surface area contributed by atoms with Crippen LogP contribution in [0.5, 0.6) is 0 Å². The summed E-state index contributed by atoms with van der Waals surface area (Å²) in [7, 11) is 0. The van der Waals surface area contributed by atoms with Crippen LogP contribution < -0.4 is 0 Å². The van der Waals surface area contributed by atoms with Crippen LogP contribution in [0.1, 0.15) is 18.4 Å². The van der Waals surface area contributed by atoms with Gasteiger partial charge in [-0.2, -0.15) is 26.3 Å². The number of morpholine rings is 1. The third-order valence-corrected chi connectivity index (χ3v) is 6.23. The molecule has 3 saturated heterocycles. The van der Waals surface area contributed by atoms with Crippen LogP contribution in [-0.2, 0) is 30.4 Å². The summed E-state index contributed by atoms with van der Waals surface area (Å²) in [5.74, 6) is -4.21. The van der Waals surface area contributed by atoms with E-state index in [9.17, 15) is 31.1 Å². The fourth-order valence-corrected chi connectivity index (χ4v) is 4.38. The van der Waals surface area contributed by atoms with Crippen LogP contribution in [0.3, 0.4) is 0 Å². The molecule has 3 atom stereocenters. The number of alkyl halides is 6. The van der Waals surface area contributed by atoms with Crippen molar-refractivity contribution in [1.29, 1.82) is 0 Å². The number of aliphatic carboxylic acids is 2. The quantitative estimate of drug-likeness (QED) is 0.522. The van der Waals surface area contributed by atoms with E-state index in [1.165, 1.54) is 5.56 Å². The highest BCUT2D eigenvalue weighted by atomic mass is 19.4. The number of nitrogens with zero attached hydrogens (tertiary/aromatic N) is 3. The predicted molar refractivity (Wildman–Crippen MR) is 120 cm³/mol. The van der Waals surface area contributed by atoms with Crippen molar-refractivity contribution in [2.24, 2.45) is 11.8 Å². The maximum absolute atomic E-state index is 12.5. The lowest BCUT2D eigenvalue weighted by atomic mass is 9.83. The first-order valence-corrected chi connectivity index (χ1v) is 11.9. The third-order valence-electron chi connectivity index (χ3n) is 6.23. The molecule has 0 unspecified atom stereocenters. The molecule has 0 bridgehead atoms. The van der Waals surface area contributed by atoms with E-state index in [0.29, 0.717) is 31.5 Å². The molecule has 10 nitrogen and oxygen atoms in total. The Kier molecular flexibility index (Phi) is 11.9. The second-order valence-corrected chi connectivity index (χ2v) is 8.98. The van der Waals surface area contributed by atoms with Crippen LogP contribution in [0.4, 0.5) is 26.3 Å². The van der Waals surface area contributed by atoms with Gasteiger partial charge >= 0.3 is 24.3 Å². The van der Waals surface area contributed by atoms with Crippen molar-refractivity contribution in [2.45, 2.75) is 37.8 Å². The van der Waals surface area contributed by atoms with Gasteiger partial charge in [-0.15, -0.1) is 0 Å². The number of amides is 1. The summed E-state index contributed by atoms with van der Waals surface area (Å²) in [6, 6.07) is 4.13. The summed E-state index contributed by atoms with van der Waals surface area (Å²) >= 11 is 0. The Labute approximate surface area is 219 Å². The number of hydrogen-bond acceptors (Lipinski definition) is 7. The number of pyridine rings is 1. The summed E-state index contributed by atoms with van der Waals surface area (Å²) in [5.41, 5.74) is 1.26. The summed E-state index contributed by atoms with van der Waals surface area (Å²) < 4.78 is 74.8. The average molecular weight is 573 g/mol. The number of piperidine rings is 1. The molecule has 4 heterocycles. The zero-order valence-electron chi connectivity index (χ0n) is 20.7. The van der Waals surface area contributed by atoms with Crippen LogP contribution in [0.25, 0.3) is 0 Å². The summed E-state index contributed by atoms with van der Waals surface area (Å²) in [4.78, 5) is 38.9. The summed E-state index contributed by atoms with van der Waals surface area (Å²) in [6.07, 6.45) is -4.66. The van der Waals surface area contributed by atoms with E-state index in [1.54, 1.807) is 0 Å². The Hall–Kier alpha value is -2.98. The van der Waals surface area contributed by atoms with Crippen molar-refractivity contribution in [3.8, 4) is 0 Å². The van der Waals surface area contributed by atoms with Crippen LogP contribution in [0.15, 0.2) is 24.5 Å². The Morgan fingerprint density at radius 2 is 1.59 bits per heavy atom. The van der Waals surface area contributed by atoms with Crippen molar-refractivity contribution in [2.75, 3.05) is 46.0 Å². The molecule has 0 radical (unpaired) electrons. The Bertz CT molecular complexity index is 918. The van der Waals surface area contributed by atoms with E-state index in [-0.39, 0.29) is 12.0 Å². The fraction of sp³-hybridized carbons (Fsp3) is 0.652. The molecule has 1 amide bonds. The van der Waals surface area contributed by atoms with Gasteiger partial charge in [-0.05, 0) is 30.5 Å². The Morgan fingerprint density at radius 1 is 1.00 bits per heavy atom. The maximum atomic E-state index is 12.5. The number of fused-ring (bicyclic) bond motifs is 1. The molecule has 3 aliphatic rings. The van der Waals surface area contributed by atoms with Crippen molar-refractivity contribution in [1.82, 2.24) is 14.8 Å². The topological polar surface area (TPSA) is 130 Å². The molecule has 3 fully saturated rings. The number of likely N-dealkylation sites (tertiary alicyclic amines) is 1. The zero-order valence-corrected chi connectivity index (χ0v) is 20.7. The van der Waals surface area contributed by atoms with E-state index >= 15 is 0 Å². The van der Waals surface area contributed by atoms with Crippen LogP contribution in [0.2, 0.25) is 0 Å². The number of aromatic nitrogens is 1. The molecule has 0 saturated carbocycles. The zero-order chi connectivity index (χ0) is 29.2. The smallest absolute Gasteiger partial charge is 0.475 e. The first-order chi connectivity index (χ1) is 18.2. The van der Waals surface area contributed by atoms with Crippen LogP contribution in [0, 0.1) is 11.8 Å². The average Bonchev–Trinajstić information content (AvgIpc) is 3.26. The van der Waals surface area contributed by atoms with Crippen LogP contribution in [-0.4, -0.2) is 107 Å². The lowest BCUT2D eigenvalue weighted by molar-refractivity contribution is -0.193. The van der Waals surface area contributed by atoms with Crippen molar-refractivity contribution >= 4 is 17.8 Å². The molecule has 39 heavy (non-hydrogen) atoms. The molecule has 2 N–H and O–H groups in total. The van der Waals surface area contributed by atoms with E-state index in [0.717, 1.165) is 45.8 Å². The molecule has 0 aromatic carbocycles. The monoisotopic (exact) mass is 573 g/mol. The predicted octanol–water partition coefficient (Wildman–Crippen LogP) is 2.43. The van der Waals surface area contributed by atoms with Crippen molar-refractivity contribution < 1.29 is 60.4 Å².